The largest absolute Gasteiger partial charge is 0.370 e. The van der Waals surface area contributed by atoms with Crippen LogP contribution in [0.3, 0.4) is 0 Å². The minimum atomic E-state index is -0.670. The van der Waals surface area contributed by atoms with Gasteiger partial charge in [-0.05, 0) is 26.5 Å². The molecule has 17 heavy (non-hydrogen) atoms. The molecule has 0 amide bonds. The summed E-state index contributed by atoms with van der Waals surface area (Å²) in [6, 6.07) is 0. The van der Waals surface area contributed by atoms with Crippen molar-refractivity contribution in [2.24, 2.45) is 16.5 Å². The molecule has 0 saturated carbocycles. The second kappa shape index (κ2) is 3.89. The molecule has 2 rings (SSSR count). The topological polar surface area (TPSA) is 91.7 Å². The lowest BCUT2D eigenvalue weighted by atomic mass is 9.92. The number of nitrogens with zero attached hydrogens (tertiary/aromatic N) is 2. The predicted molar refractivity (Wildman–Crippen MR) is 69.1 cm³/mol. The first kappa shape index (κ1) is 12.2. The van der Waals surface area contributed by atoms with Gasteiger partial charge in [0, 0.05) is 13.1 Å². The molecule has 6 N–H and O–H groups in total. The Hall–Kier alpha value is -1.27. The molecule has 0 spiro atoms. The van der Waals surface area contributed by atoms with Crippen LogP contribution in [-0.4, -0.2) is 42.2 Å². The molecule has 0 aromatic heterocycles. The van der Waals surface area contributed by atoms with Gasteiger partial charge in [0.15, 0.2) is 5.96 Å². The van der Waals surface area contributed by atoms with Crippen molar-refractivity contribution in [3.8, 4) is 0 Å². The molecule has 1 fully saturated rings. The second-order valence-electron chi connectivity index (χ2n) is 5.16. The van der Waals surface area contributed by atoms with Crippen LogP contribution in [0.15, 0.2) is 16.9 Å². The highest BCUT2D eigenvalue weighted by Gasteiger charge is 2.40. The molecular weight excluding hydrogens is 216 g/mol. The normalized spacial score (nSPS) is 31.2. The van der Waals surface area contributed by atoms with Crippen LogP contribution in [0.4, 0.5) is 0 Å². The van der Waals surface area contributed by atoms with E-state index in [1.54, 1.807) is 0 Å². The van der Waals surface area contributed by atoms with Crippen molar-refractivity contribution in [2.45, 2.75) is 31.5 Å². The molecular formula is C11H22N6. The van der Waals surface area contributed by atoms with E-state index in [9.17, 15) is 0 Å². The van der Waals surface area contributed by atoms with Gasteiger partial charge in [0.1, 0.15) is 11.5 Å². The number of hydrogen-bond donors (Lipinski definition) is 4. The summed E-state index contributed by atoms with van der Waals surface area (Å²) in [5.74, 6) is 1.36. The molecule has 2 aliphatic heterocycles. The number of nitrogens with two attached hydrogens (primary N) is 2. The average molecular weight is 238 g/mol. The van der Waals surface area contributed by atoms with Crippen molar-refractivity contribution in [2.75, 3.05) is 20.1 Å². The molecule has 0 bridgehead atoms. The molecule has 0 aliphatic carbocycles. The van der Waals surface area contributed by atoms with Gasteiger partial charge >= 0.3 is 0 Å². The fraction of sp³-hybridized carbons (Fsp3) is 0.727. The van der Waals surface area contributed by atoms with Gasteiger partial charge in [-0.15, -0.1) is 0 Å². The molecule has 1 unspecified atom stereocenters. The van der Waals surface area contributed by atoms with E-state index in [-0.39, 0.29) is 5.54 Å². The Balaban J connectivity index is 2.09. The number of likely N-dealkylation sites (N-methyl/N-ethyl adjacent to an activating group) is 1. The Labute approximate surface area is 102 Å². The number of aliphatic imine (C=N–C) groups is 1. The standard InChI is InChI=1S/C11H22N6/c1-4-11(13)5-8(15-9(12)16-11)17-6-10(2,7-17)14-3/h5,14H,4,6-7,13H2,1-3H3,(H3,12,15,16). The van der Waals surface area contributed by atoms with Crippen LogP contribution in [0.1, 0.15) is 20.3 Å². The fourth-order valence-electron chi connectivity index (χ4n) is 2.16. The van der Waals surface area contributed by atoms with Gasteiger partial charge in [0.25, 0.3) is 0 Å². The van der Waals surface area contributed by atoms with E-state index in [1.807, 2.05) is 20.0 Å². The highest BCUT2D eigenvalue weighted by atomic mass is 15.4. The molecule has 96 valence electrons. The van der Waals surface area contributed by atoms with E-state index in [0.29, 0.717) is 5.96 Å². The molecule has 6 heteroatoms. The first-order chi connectivity index (χ1) is 7.90. The molecule has 0 radical (unpaired) electrons. The monoisotopic (exact) mass is 238 g/mol. The highest BCUT2D eigenvalue weighted by Crippen LogP contribution is 2.26. The fourth-order valence-corrected chi connectivity index (χ4v) is 2.16. The van der Waals surface area contributed by atoms with Gasteiger partial charge in [-0.1, -0.05) is 6.92 Å². The Morgan fingerprint density at radius 3 is 2.76 bits per heavy atom. The van der Waals surface area contributed by atoms with Gasteiger partial charge in [-0.25, -0.2) is 4.99 Å². The first-order valence-electron chi connectivity index (χ1n) is 5.98. The molecule has 2 aliphatic rings. The molecule has 6 nitrogen and oxygen atoms in total. The second-order valence-corrected chi connectivity index (χ2v) is 5.16. The van der Waals surface area contributed by atoms with Crippen LogP contribution >= 0.6 is 0 Å². The zero-order valence-electron chi connectivity index (χ0n) is 10.7. The zero-order valence-corrected chi connectivity index (χ0v) is 10.7. The average Bonchev–Trinajstić information content (AvgIpc) is 2.23. The molecule has 2 heterocycles. The zero-order chi connectivity index (χ0) is 12.7. The summed E-state index contributed by atoms with van der Waals surface area (Å²) < 4.78 is 0. The first-order valence-corrected chi connectivity index (χ1v) is 5.98. The number of guanidine groups is 1. The quantitative estimate of drug-likeness (QED) is 0.512. The van der Waals surface area contributed by atoms with Crippen molar-refractivity contribution in [3.05, 3.63) is 11.9 Å². The summed E-state index contributed by atoms with van der Waals surface area (Å²) in [6.07, 6.45) is 2.69. The van der Waals surface area contributed by atoms with Crippen LogP contribution < -0.4 is 22.1 Å². The highest BCUT2D eigenvalue weighted by molar-refractivity contribution is 5.81. The summed E-state index contributed by atoms with van der Waals surface area (Å²) >= 11 is 0. The number of rotatable bonds is 3. The van der Waals surface area contributed by atoms with E-state index in [0.717, 1.165) is 25.3 Å². The van der Waals surface area contributed by atoms with Crippen LogP contribution in [0, 0.1) is 0 Å². The van der Waals surface area contributed by atoms with E-state index in [1.165, 1.54) is 0 Å². The third kappa shape index (κ3) is 2.23. The van der Waals surface area contributed by atoms with E-state index in [2.05, 4.69) is 27.4 Å². The number of hydrogen-bond acceptors (Lipinski definition) is 6. The lowest BCUT2D eigenvalue weighted by Gasteiger charge is -2.51. The van der Waals surface area contributed by atoms with Crippen molar-refractivity contribution >= 4 is 5.96 Å². The van der Waals surface area contributed by atoms with Crippen molar-refractivity contribution in [1.29, 1.82) is 0 Å². The summed E-state index contributed by atoms with van der Waals surface area (Å²) in [7, 11) is 1.98. The maximum atomic E-state index is 6.13. The lowest BCUT2D eigenvalue weighted by molar-refractivity contribution is 0.0883. The van der Waals surface area contributed by atoms with Crippen LogP contribution in [0.5, 0.6) is 0 Å². The van der Waals surface area contributed by atoms with E-state index >= 15 is 0 Å². The third-order valence-electron chi connectivity index (χ3n) is 3.56. The van der Waals surface area contributed by atoms with Crippen molar-refractivity contribution in [1.82, 2.24) is 15.5 Å². The van der Waals surface area contributed by atoms with Gasteiger partial charge in [-0.3, -0.25) is 0 Å². The van der Waals surface area contributed by atoms with Crippen LogP contribution in [0.25, 0.3) is 0 Å². The Morgan fingerprint density at radius 1 is 1.59 bits per heavy atom. The van der Waals surface area contributed by atoms with Crippen LogP contribution in [0.2, 0.25) is 0 Å². The maximum Gasteiger partial charge on any atom is 0.196 e. The summed E-state index contributed by atoms with van der Waals surface area (Å²) in [6.45, 7) is 6.08. The Morgan fingerprint density at radius 2 is 2.24 bits per heavy atom. The Kier molecular flexibility index (Phi) is 2.79. The van der Waals surface area contributed by atoms with Gasteiger partial charge < -0.3 is 27.0 Å². The molecule has 1 saturated heterocycles. The minimum Gasteiger partial charge on any atom is -0.370 e. The van der Waals surface area contributed by atoms with Gasteiger partial charge in [0.05, 0.1) is 5.54 Å². The molecule has 0 aromatic carbocycles. The smallest absolute Gasteiger partial charge is 0.196 e. The van der Waals surface area contributed by atoms with Crippen molar-refractivity contribution in [3.63, 3.8) is 0 Å². The third-order valence-corrected chi connectivity index (χ3v) is 3.56. The lowest BCUT2D eigenvalue weighted by Crippen LogP contribution is -2.68. The molecule has 0 aromatic rings. The Bertz CT molecular complexity index is 368. The van der Waals surface area contributed by atoms with Crippen LogP contribution in [-0.2, 0) is 0 Å². The SMILES string of the molecule is CCC1(N)C=C(N2CC(C)(NC)C2)NC(N)=N1. The van der Waals surface area contributed by atoms with E-state index in [4.69, 9.17) is 11.5 Å². The number of likely N-dealkylation sites (tertiary alicyclic amines) is 1. The summed E-state index contributed by atoms with van der Waals surface area (Å²) in [5, 5.41) is 6.38. The predicted octanol–water partition coefficient (Wildman–Crippen LogP) is -0.896. The summed E-state index contributed by atoms with van der Waals surface area (Å²) in [5.41, 5.74) is 11.4. The molecule has 1 atom stereocenters. The van der Waals surface area contributed by atoms with Crippen molar-refractivity contribution < 1.29 is 0 Å². The summed E-state index contributed by atoms with van der Waals surface area (Å²) in [4.78, 5) is 6.44. The van der Waals surface area contributed by atoms with Gasteiger partial charge in [-0.2, -0.15) is 0 Å². The minimum absolute atomic E-state index is 0.176. The van der Waals surface area contributed by atoms with Gasteiger partial charge in [0.2, 0.25) is 0 Å². The maximum absolute atomic E-state index is 6.13. The van der Waals surface area contributed by atoms with E-state index < -0.39 is 5.66 Å². The number of nitrogens with one attached hydrogen (secondary N) is 2.